The summed E-state index contributed by atoms with van der Waals surface area (Å²) in [4.78, 5) is 72.2. The number of H-pyrrole nitrogens is 2. The van der Waals surface area contributed by atoms with E-state index in [1.54, 1.807) is 0 Å². The number of methoxy groups -OCH3 is 2. The lowest BCUT2D eigenvalue weighted by Crippen LogP contribution is -2.52. The Bertz CT molecular complexity index is 2350. The molecule has 0 spiro atoms. The summed E-state index contributed by atoms with van der Waals surface area (Å²) in [6.07, 6.45) is 2.95. The molecular formula is C43H54N8O6Si. The number of amides is 4. The molecule has 0 aliphatic carbocycles. The molecule has 2 saturated heterocycles. The van der Waals surface area contributed by atoms with Gasteiger partial charge in [0.1, 0.15) is 23.7 Å². The fourth-order valence-corrected chi connectivity index (χ4v) is 11.3. The van der Waals surface area contributed by atoms with Crippen LogP contribution in [0.3, 0.4) is 0 Å². The first-order chi connectivity index (χ1) is 27.7. The monoisotopic (exact) mass is 806 g/mol. The second-order valence-electron chi connectivity index (χ2n) is 17.1. The molecule has 4 heterocycles. The Morgan fingerprint density at radius 3 is 1.98 bits per heavy atom. The lowest BCUT2D eigenvalue weighted by atomic mass is 9.99. The number of nitrogens with zero attached hydrogens (tertiary/aromatic N) is 4. The highest BCUT2D eigenvalue weighted by molar-refractivity contribution is 6.78. The van der Waals surface area contributed by atoms with E-state index in [1.165, 1.54) is 14.2 Å². The van der Waals surface area contributed by atoms with Crippen LogP contribution < -0.4 is 10.6 Å². The highest BCUT2D eigenvalue weighted by atomic mass is 28.3. The molecule has 3 aromatic carbocycles. The molecule has 0 unspecified atom stereocenters. The second kappa shape index (κ2) is 16.3. The molecule has 14 nitrogen and oxygen atoms in total. The van der Waals surface area contributed by atoms with Gasteiger partial charge in [0.15, 0.2) is 0 Å². The van der Waals surface area contributed by atoms with Crippen molar-refractivity contribution in [1.29, 1.82) is 0 Å². The fourth-order valence-electron chi connectivity index (χ4n) is 8.42. The predicted molar refractivity (Wildman–Crippen MR) is 225 cm³/mol. The smallest absolute Gasteiger partial charge is 0.407 e. The number of hydrogen-bond donors (Lipinski definition) is 4. The van der Waals surface area contributed by atoms with E-state index in [9.17, 15) is 19.2 Å². The van der Waals surface area contributed by atoms with Gasteiger partial charge in [-0.05, 0) is 76.9 Å². The lowest BCUT2D eigenvalue weighted by molar-refractivity contribution is -0.136. The highest BCUT2D eigenvalue weighted by Crippen LogP contribution is 2.39. The lowest BCUT2D eigenvalue weighted by Gasteiger charge is -2.30. The van der Waals surface area contributed by atoms with Crippen molar-refractivity contribution in [3.05, 3.63) is 72.4 Å². The number of rotatable bonds is 10. The molecule has 58 heavy (non-hydrogen) atoms. The van der Waals surface area contributed by atoms with Gasteiger partial charge in [-0.3, -0.25) is 9.59 Å². The number of alkyl carbamates (subject to hydrolysis) is 2. The minimum Gasteiger partial charge on any atom is -0.453 e. The van der Waals surface area contributed by atoms with Crippen LogP contribution in [-0.4, -0.2) is 101 Å². The third-order valence-electron chi connectivity index (χ3n) is 11.5. The van der Waals surface area contributed by atoms with E-state index in [0.717, 1.165) is 74.7 Å². The van der Waals surface area contributed by atoms with Crippen molar-refractivity contribution in [3.8, 4) is 22.4 Å². The molecule has 2 aromatic heterocycles. The third-order valence-corrected chi connectivity index (χ3v) is 14.2. The van der Waals surface area contributed by atoms with Gasteiger partial charge in [0.25, 0.3) is 0 Å². The number of nitrogens with one attached hydrogen (secondary N) is 4. The first-order valence-electron chi connectivity index (χ1n) is 20.1. The van der Waals surface area contributed by atoms with Gasteiger partial charge < -0.3 is 39.9 Å². The number of imidazole rings is 2. The Morgan fingerprint density at radius 1 is 0.759 bits per heavy atom. The summed E-state index contributed by atoms with van der Waals surface area (Å²) in [5, 5.41) is 7.61. The van der Waals surface area contributed by atoms with E-state index in [-0.39, 0.29) is 35.7 Å². The zero-order valence-electron chi connectivity index (χ0n) is 34.5. The summed E-state index contributed by atoms with van der Waals surface area (Å²) in [5.41, 5.74) is 5.58. The Labute approximate surface area is 339 Å². The van der Waals surface area contributed by atoms with Crippen molar-refractivity contribution in [2.24, 2.45) is 11.8 Å². The number of carbonyl (C=O) groups is 4. The average molecular weight is 807 g/mol. The van der Waals surface area contributed by atoms with Crippen LogP contribution in [0.15, 0.2) is 60.8 Å². The second-order valence-corrected chi connectivity index (χ2v) is 22.1. The molecule has 5 aromatic rings. The Balaban J connectivity index is 1.09. The van der Waals surface area contributed by atoms with Crippen molar-refractivity contribution in [2.75, 3.05) is 26.9 Å². The van der Waals surface area contributed by atoms with Gasteiger partial charge in [-0.2, -0.15) is 0 Å². The highest BCUT2D eigenvalue weighted by Gasteiger charge is 2.46. The van der Waals surface area contributed by atoms with Gasteiger partial charge in [-0.15, -0.1) is 0 Å². The summed E-state index contributed by atoms with van der Waals surface area (Å²) in [6.45, 7) is 12.8. The van der Waals surface area contributed by atoms with Crippen molar-refractivity contribution >= 4 is 53.9 Å². The van der Waals surface area contributed by atoms with E-state index in [2.05, 4.69) is 82.2 Å². The van der Waals surface area contributed by atoms with Crippen molar-refractivity contribution in [1.82, 2.24) is 40.4 Å². The van der Waals surface area contributed by atoms with E-state index < -0.39 is 32.3 Å². The number of aromatic nitrogens is 4. The maximum absolute atomic E-state index is 13.9. The van der Waals surface area contributed by atoms with Crippen LogP contribution in [0.25, 0.3) is 44.2 Å². The van der Waals surface area contributed by atoms with Gasteiger partial charge in [0.2, 0.25) is 11.8 Å². The number of ether oxygens (including phenoxy) is 2. The number of aromatic amines is 2. The maximum atomic E-state index is 13.9. The van der Waals surface area contributed by atoms with Gasteiger partial charge in [0, 0.05) is 24.5 Å². The molecule has 306 valence electrons. The quantitative estimate of drug-likeness (QED) is 0.106. The third kappa shape index (κ3) is 8.17. The van der Waals surface area contributed by atoms with Gasteiger partial charge in [-0.1, -0.05) is 71.1 Å². The SMILES string of the molecule is COC(=O)N[C@H](C(=O)N1CCC[C@H]1c1nc(-c2ccc3cc(-c4ccc5nc([C@@H]6C[Si](C)(C)CN6C(=O)[C@@H](NC(=O)OC)C(C)C)[nH]c5c4)ccc3c2)c[nH]1)C(C)C. The van der Waals surface area contributed by atoms with E-state index >= 15 is 0 Å². The first-order valence-corrected chi connectivity index (χ1v) is 23.5. The van der Waals surface area contributed by atoms with Crippen molar-refractivity contribution < 1.29 is 28.7 Å². The van der Waals surface area contributed by atoms with E-state index in [4.69, 9.17) is 19.4 Å². The number of hydrogen-bond acceptors (Lipinski definition) is 8. The predicted octanol–water partition coefficient (Wildman–Crippen LogP) is 7.33. The molecule has 0 bridgehead atoms. The van der Waals surface area contributed by atoms with Crippen LogP contribution in [0.4, 0.5) is 9.59 Å². The molecule has 2 fully saturated rings. The average Bonchev–Trinajstić information content (AvgIpc) is 4.02. The largest absolute Gasteiger partial charge is 0.453 e. The number of carbonyl (C=O) groups excluding carboxylic acids is 4. The normalized spacial score (nSPS) is 18.9. The van der Waals surface area contributed by atoms with Gasteiger partial charge >= 0.3 is 12.2 Å². The number of likely N-dealkylation sites (tertiary alicyclic amines) is 1. The maximum Gasteiger partial charge on any atom is 0.407 e. The van der Waals surface area contributed by atoms with Crippen LogP contribution in [-0.2, 0) is 19.1 Å². The molecule has 15 heteroatoms. The number of benzene rings is 3. The van der Waals surface area contributed by atoms with Crippen molar-refractivity contribution in [2.45, 2.75) is 83.8 Å². The summed E-state index contributed by atoms with van der Waals surface area (Å²) in [7, 11) is 0.830. The summed E-state index contributed by atoms with van der Waals surface area (Å²) < 4.78 is 9.59. The Kier molecular flexibility index (Phi) is 11.4. The van der Waals surface area contributed by atoms with Crippen LogP contribution in [0, 0.1) is 11.8 Å². The topological polar surface area (TPSA) is 175 Å². The zero-order chi connectivity index (χ0) is 41.5. The molecule has 4 N–H and O–H groups in total. The molecule has 0 saturated carbocycles. The van der Waals surface area contributed by atoms with Crippen LogP contribution in [0.5, 0.6) is 0 Å². The van der Waals surface area contributed by atoms with Gasteiger partial charge in [-0.25, -0.2) is 19.6 Å². The van der Waals surface area contributed by atoms with Crippen molar-refractivity contribution in [3.63, 3.8) is 0 Å². The molecule has 7 rings (SSSR count). The van der Waals surface area contributed by atoms with Gasteiger partial charge in [0.05, 0.1) is 51.1 Å². The van der Waals surface area contributed by atoms with E-state index in [1.807, 2.05) is 49.8 Å². The van der Waals surface area contributed by atoms with Crippen LogP contribution in [0.2, 0.25) is 19.1 Å². The molecule has 4 amide bonds. The summed E-state index contributed by atoms with van der Waals surface area (Å²) >= 11 is 0. The first kappa shape index (κ1) is 40.5. The summed E-state index contributed by atoms with van der Waals surface area (Å²) in [6, 6.07) is 17.9. The molecule has 4 atom stereocenters. The molecular weight excluding hydrogens is 753 g/mol. The Hall–Kier alpha value is -5.70. The van der Waals surface area contributed by atoms with E-state index in [0.29, 0.717) is 12.7 Å². The summed E-state index contributed by atoms with van der Waals surface area (Å²) in [5.74, 6) is 1.01. The minimum atomic E-state index is -1.76. The molecule has 2 aliphatic heterocycles. The minimum absolute atomic E-state index is 0.108. The van der Waals surface area contributed by atoms with Crippen LogP contribution >= 0.6 is 0 Å². The molecule has 0 radical (unpaired) electrons. The number of fused-ring (bicyclic) bond motifs is 2. The molecule has 2 aliphatic rings. The fraction of sp³-hybridized carbons (Fsp3) is 0.442. The Morgan fingerprint density at radius 2 is 1.34 bits per heavy atom. The zero-order valence-corrected chi connectivity index (χ0v) is 35.5. The standard InChI is InChI=1S/C43H54N8O6Si/c1-24(2)36(48-42(54)56-5)40(52)50-17-9-10-34(50)38-44-21-33(47-38)30-14-13-26-18-27(11-12-28(26)19-30)29-15-16-31-32(20-29)46-39(45-31)35-22-58(7,8)23-51(35)41(53)37(25(3)4)49-43(55)57-6/h11-16,18-21,24-25,34-37H,9-10,17,22-23H2,1-8H3,(H,44,47)(H,45,46)(H,48,54)(H,49,55)/t34-,35-,36-,37-/m0/s1. The van der Waals surface area contributed by atoms with Crippen LogP contribution in [0.1, 0.15) is 64.3 Å².